The number of rotatable bonds is 6. The van der Waals surface area contributed by atoms with Crippen molar-refractivity contribution in [1.29, 1.82) is 0 Å². The van der Waals surface area contributed by atoms with Crippen molar-refractivity contribution in [1.82, 2.24) is 5.32 Å². The van der Waals surface area contributed by atoms with Crippen LogP contribution >= 0.6 is 0 Å². The van der Waals surface area contributed by atoms with Crippen molar-refractivity contribution >= 4 is 5.91 Å². The first kappa shape index (κ1) is 11.2. The largest absolute Gasteiger partial charge is 0.353 e. The van der Waals surface area contributed by atoms with Gasteiger partial charge in [0.2, 0.25) is 5.91 Å². The molecule has 3 N–H and O–H groups in total. The Labute approximate surface area is 74.0 Å². The van der Waals surface area contributed by atoms with Crippen LogP contribution in [0, 0.1) is 0 Å². The summed E-state index contributed by atoms with van der Waals surface area (Å²) in [5, 5.41) is 2.77. The first-order valence-corrected chi connectivity index (χ1v) is 4.43. The topological polar surface area (TPSA) is 55.1 Å². The number of hydrogen-bond acceptors (Lipinski definition) is 2. The molecule has 0 aliphatic rings. The van der Waals surface area contributed by atoms with Crippen molar-refractivity contribution in [2.75, 3.05) is 13.1 Å². The van der Waals surface area contributed by atoms with Crippen molar-refractivity contribution in [3.63, 3.8) is 0 Å². The molecule has 0 aromatic rings. The molecule has 0 bridgehead atoms. The molecule has 1 amide bonds. The third-order valence-electron chi connectivity index (χ3n) is 1.48. The van der Waals surface area contributed by atoms with E-state index in [1.165, 1.54) is 0 Å². The van der Waals surface area contributed by atoms with Crippen LogP contribution in [0.3, 0.4) is 0 Å². The summed E-state index contributed by atoms with van der Waals surface area (Å²) < 4.78 is 0. The molecule has 70 valence electrons. The van der Waals surface area contributed by atoms with Crippen LogP contribution in [0.5, 0.6) is 0 Å². The Morgan fingerprint density at radius 1 is 1.50 bits per heavy atom. The van der Waals surface area contributed by atoms with Crippen LogP contribution in [0.25, 0.3) is 0 Å². The zero-order valence-corrected chi connectivity index (χ0v) is 7.68. The molecule has 3 heteroatoms. The average molecular weight is 170 g/mol. The number of carbonyl (C=O) groups is 1. The normalized spacial score (nSPS) is 10.5. The van der Waals surface area contributed by atoms with Gasteiger partial charge in [0, 0.05) is 19.5 Å². The highest BCUT2D eigenvalue weighted by Crippen LogP contribution is 1.92. The summed E-state index contributed by atoms with van der Waals surface area (Å²) in [6.07, 6.45) is 6.36. The van der Waals surface area contributed by atoms with Gasteiger partial charge in [-0.05, 0) is 6.42 Å². The molecular weight excluding hydrogens is 152 g/mol. The molecule has 3 nitrogen and oxygen atoms in total. The van der Waals surface area contributed by atoms with Crippen LogP contribution < -0.4 is 11.1 Å². The van der Waals surface area contributed by atoms with Gasteiger partial charge in [0.05, 0.1) is 0 Å². The second kappa shape index (κ2) is 8.27. The molecule has 0 heterocycles. The van der Waals surface area contributed by atoms with Crippen molar-refractivity contribution in [2.24, 2.45) is 5.73 Å². The fourth-order valence-electron chi connectivity index (χ4n) is 0.778. The van der Waals surface area contributed by atoms with Crippen molar-refractivity contribution in [3.05, 3.63) is 12.2 Å². The van der Waals surface area contributed by atoms with Crippen LogP contribution in [0.1, 0.15) is 26.2 Å². The minimum Gasteiger partial charge on any atom is -0.353 e. The lowest BCUT2D eigenvalue weighted by Gasteiger charge is -1.99. The summed E-state index contributed by atoms with van der Waals surface area (Å²) in [6, 6.07) is 0. The smallest absolute Gasteiger partial charge is 0.220 e. The van der Waals surface area contributed by atoms with Gasteiger partial charge >= 0.3 is 0 Å². The summed E-state index contributed by atoms with van der Waals surface area (Å²) in [5.74, 6) is 0.124. The van der Waals surface area contributed by atoms with E-state index < -0.39 is 0 Å². The molecule has 0 saturated carbocycles. The second-order valence-corrected chi connectivity index (χ2v) is 2.61. The highest BCUT2D eigenvalue weighted by Gasteiger charge is 1.95. The van der Waals surface area contributed by atoms with E-state index in [1.54, 1.807) is 0 Å². The van der Waals surface area contributed by atoms with E-state index in [1.807, 2.05) is 12.2 Å². The molecule has 0 radical (unpaired) electrons. The van der Waals surface area contributed by atoms with Gasteiger partial charge in [-0.25, -0.2) is 0 Å². The molecule has 0 saturated heterocycles. The summed E-state index contributed by atoms with van der Waals surface area (Å²) in [4.78, 5) is 11.0. The molecule has 0 aliphatic carbocycles. The monoisotopic (exact) mass is 170 g/mol. The lowest BCUT2D eigenvalue weighted by Crippen LogP contribution is -2.22. The van der Waals surface area contributed by atoms with Crippen LogP contribution in [0.2, 0.25) is 0 Å². The van der Waals surface area contributed by atoms with E-state index in [-0.39, 0.29) is 5.91 Å². The Kier molecular flexibility index (Phi) is 7.70. The molecular formula is C9H18N2O. The van der Waals surface area contributed by atoms with E-state index >= 15 is 0 Å². The first-order valence-electron chi connectivity index (χ1n) is 4.43. The van der Waals surface area contributed by atoms with Crippen LogP contribution in [-0.2, 0) is 4.79 Å². The molecule has 0 unspecified atom stereocenters. The predicted molar refractivity (Wildman–Crippen MR) is 50.7 cm³/mol. The van der Waals surface area contributed by atoms with Crippen LogP contribution in [-0.4, -0.2) is 19.0 Å². The van der Waals surface area contributed by atoms with Gasteiger partial charge in [-0.1, -0.05) is 25.5 Å². The Hall–Kier alpha value is -0.830. The van der Waals surface area contributed by atoms with Crippen molar-refractivity contribution in [3.8, 4) is 0 Å². The molecule has 0 fully saturated rings. The zero-order valence-electron chi connectivity index (χ0n) is 7.68. The van der Waals surface area contributed by atoms with Gasteiger partial charge in [0.25, 0.3) is 0 Å². The maximum absolute atomic E-state index is 11.0. The molecule has 0 spiro atoms. The number of nitrogens with two attached hydrogens (primary N) is 1. The third kappa shape index (κ3) is 7.28. The summed E-state index contributed by atoms with van der Waals surface area (Å²) in [7, 11) is 0. The van der Waals surface area contributed by atoms with Gasteiger partial charge in [0.1, 0.15) is 0 Å². The quantitative estimate of drug-likeness (QED) is 0.579. The fraction of sp³-hybridized carbons (Fsp3) is 0.667. The first-order chi connectivity index (χ1) is 5.81. The lowest BCUT2D eigenvalue weighted by molar-refractivity contribution is -0.120. The van der Waals surface area contributed by atoms with Gasteiger partial charge < -0.3 is 11.1 Å². The summed E-state index contributed by atoms with van der Waals surface area (Å²) >= 11 is 0. The van der Waals surface area contributed by atoms with Crippen LogP contribution in [0.15, 0.2) is 12.2 Å². The standard InChI is InChI=1S/C9H18N2O/c1-2-3-6-9(12)11-8-5-4-7-10/h4-5H,2-3,6-8,10H2,1H3,(H,11,12)/b5-4+. The van der Waals surface area contributed by atoms with E-state index in [4.69, 9.17) is 5.73 Å². The zero-order chi connectivity index (χ0) is 9.23. The highest BCUT2D eigenvalue weighted by molar-refractivity contribution is 5.75. The van der Waals surface area contributed by atoms with Crippen molar-refractivity contribution in [2.45, 2.75) is 26.2 Å². The molecule has 0 rings (SSSR count). The highest BCUT2D eigenvalue weighted by atomic mass is 16.1. The van der Waals surface area contributed by atoms with Gasteiger partial charge in [-0.15, -0.1) is 0 Å². The lowest BCUT2D eigenvalue weighted by atomic mass is 10.2. The number of unbranched alkanes of at least 4 members (excludes halogenated alkanes) is 1. The Morgan fingerprint density at radius 2 is 2.25 bits per heavy atom. The Balaban J connectivity index is 3.25. The van der Waals surface area contributed by atoms with E-state index in [2.05, 4.69) is 12.2 Å². The Morgan fingerprint density at radius 3 is 2.83 bits per heavy atom. The Bertz CT molecular complexity index is 143. The maximum atomic E-state index is 11.0. The number of carbonyl (C=O) groups excluding carboxylic acids is 1. The SMILES string of the molecule is CCCCC(=O)NC/C=C/CN. The number of nitrogens with one attached hydrogen (secondary N) is 1. The third-order valence-corrected chi connectivity index (χ3v) is 1.48. The molecule has 0 aromatic heterocycles. The van der Waals surface area contributed by atoms with Gasteiger partial charge in [-0.3, -0.25) is 4.79 Å². The van der Waals surface area contributed by atoms with Crippen molar-refractivity contribution < 1.29 is 4.79 Å². The van der Waals surface area contributed by atoms with E-state index in [0.29, 0.717) is 19.5 Å². The minimum absolute atomic E-state index is 0.124. The summed E-state index contributed by atoms with van der Waals surface area (Å²) in [6.45, 7) is 3.20. The van der Waals surface area contributed by atoms with Crippen LogP contribution in [0.4, 0.5) is 0 Å². The van der Waals surface area contributed by atoms with E-state index in [0.717, 1.165) is 12.8 Å². The van der Waals surface area contributed by atoms with Gasteiger partial charge in [-0.2, -0.15) is 0 Å². The molecule has 0 aromatic carbocycles. The average Bonchev–Trinajstić information content (AvgIpc) is 2.09. The van der Waals surface area contributed by atoms with E-state index in [9.17, 15) is 4.79 Å². The fourth-order valence-corrected chi connectivity index (χ4v) is 0.778. The number of hydrogen-bond donors (Lipinski definition) is 2. The number of amides is 1. The molecule has 12 heavy (non-hydrogen) atoms. The molecule has 0 atom stereocenters. The summed E-state index contributed by atoms with van der Waals surface area (Å²) in [5.41, 5.74) is 5.23. The molecule has 0 aliphatic heterocycles. The minimum atomic E-state index is 0.124. The maximum Gasteiger partial charge on any atom is 0.220 e. The van der Waals surface area contributed by atoms with Gasteiger partial charge in [0.15, 0.2) is 0 Å². The predicted octanol–water partition coefficient (Wildman–Crippen LogP) is 0.808. The second-order valence-electron chi connectivity index (χ2n) is 2.61.